The van der Waals surface area contributed by atoms with Gasteiger partial charge in [0, 0.05) is 32.5 Å². The molecule has 2 heterocycles. The van der Waals surface area contributed by atoms with Gasteiger partial charge in [-0.15, -0.1) is 47.5 Å². The van der Waals surface area contributed by atoms with Gasteiger partial charge in [-0.3, -0.25) is 0 Å². The molecule has 0 bridgehead atoms. The second kappa shape index (κ2) is 9.68. The van der Waals surface area contributed by atoms with E-state index in [-0.39, 0.29) is 20.1 Å². The largest absolute Gasteiger partial charge is 0.360 e. The van der Waals surface area contributed by atoms with Crippen LogP contribution in [0.3, 0.4) is 0 Å². The first-order chi connectivity index (χ1) is 15.6. The molecule has 2 nitrogen and oxygen atoms in total. The predicted octanol–water partition coefficient (Wildman–Crippen LogP) is 6.89. The molecule has 1 aliphatic rings. The van der Waals surface area contributed by atoms with E-state index < -0.39 is 29.0 Å². The summed E-state index contributed by atoms with van der Waals surface area (Å²) in [6.07, 6.45) is 3.73. The van der Waals surface area contributed by atoms with Crippen molar-refractivity contribution in [3.63, 3.8) is 0 Å². The Bertz CT molecular complexity index is 1290. The van der Waals surface area contributed by atoms with Gasteiger partial charge in [-0.1, -0.05) is 36.0 Å². The average molecular weight is 649 g/mol. The maximum Gasteiger partial charge on any atom is 0.360 e. The number of aromatic nitrogens is 2. The Hall–Kier alpha value is -3.03. The number of nitrogens with zero attached hydrogens (tertiary/aromatic N) is 2. The summed E-state index contributed by atoms with van der Waals surface area (Å²) in [5.41, 5.74) is -0.180. The Morgan fingerprint density at radius 2 is 1.41 bits per heavy atom. The first-order valence-corrected chi connectivity index (χ1v) is 9.66. The maximum atomic E-state index is 13.2. The number of hydrogen-bond donors (Lipinski definition) is 0. The third kappa shape index (κ3) is 4.50. The molecule has 1 aliphatic carbocycles. The zero-order chi connectivity index (χ0) is 23.7. The van der Waals surface area contributed by atoms with Crippen LogP contribution in [0, 0.1) is 12.1 Å². The number of halogens is 6. The summed E-state index contributed by atoms with van der Waals surface area (Å²) >= 11 is 0. The fourth-order valence-corrected chi connectivity index (χ4v) is 3.28. The smallest absolute Gasteiger partial charge is 0.351 e. The minimum atomic E-state index is -5.49. The van der Waals surface area contributed by atoms with E-state index in [1.165, 1.54) is 22.9 Å². The first kappa shape index (κ1) is 25.6. The molecular formula is C25H14F6IrN2-2. The Morgan fingerprint density at radius 3 is 2.03 bits per heavy atom. The molecule has 0 unspecified atom stereocenters. The van der Waals surface area contributed by atoms with E-state index in [9.17, 15) is 26.3 Å². The third-order valence-corrected chi connectivity index (χ3v) is 4.94. The summed E-state index contributed by atoms with van der Waals surface area (Å²) in [6, 6.07) is 25.0. The van der Waals surface area contributed by atoms with Crippen LogP contribution in [0.25, 0.3) is 27.6 Å². The van der Waals surface area contributed by atoms with Crippen LogP contribution >= 0.6 is 0 Å². The molecule has 2 aromatic carbocycles. The topological polar surface area (TPSA) is 25.8 Å². The van der Waals surface area contributed by atoms with Crippen molar-refractivity contribution in [1.82, 2.24) is 9.97 Å². The van der Waals surface area contributed by atoms with Crippen molar-refractivity contribution >= 4 is 16.3 Å². The number of pyridine rings is 2. The van der Waals surface area contributed by atoms with Gasteiger partial charge in [-0.25, -0.2) is 8.78 Å². The van der Waals surface area contributed by atoms with Crippen LogP contribution in [-0.2, 0) is 20.1 Å². The van der Waals surface area contributed by atoms with Gasteiger partial charge in [0.15, 0.2) is 0 Å². The van der Waals surface area contributed by atoms with Crippen molar-refractivity contribution < 1.29 is 46.4 Å². The molecule has 4 aromatic rings. The zero-order valence-corrected chi connectivity index (χ0v) is 19.5. The van der Waals surface area contributed by atoms with Gasteiger partial charge in [-0.2, -0.15) is 23.6 Å². The third-order valence-electron chi connectivity index (χ3n) is 4.94. The van der Waals surface area contributed by atoms with Crippen molar-refractivity contribution in [1.29, 1.82) is 0 Å². The Balaban J connectivity index is 0.000000185. The van der Waals surface area contributed by atoms with Crippen LogP contribution in [0.4, 0.5) is 26.3 Å². The number of fused-ring (bicyclic) bond motifs is 1. The van der Waals surface area contributed by atoms with Gasteiger partial charge >= 0.3 is 11.8 Å². The standard InChI is InChI=1S/C15H10N.C10H4F6N.Ir/c1-2-7-13(8-3-1)15-14-9-5-4-6-12(14)10-11-16-15;11-8(12)5-6(7-3-1-2-4-17-7)9(13,14)10(8,15)16;/h1-7,9-11H;1-4H;/q2*-1;. The maximum absolute atomic E-state index is 13.2. The molecule has 177 valence electrons. The summed E-state index contributed by atoms with van der Waals surface area (Å²) in [6.45, 7) is 0. The van der Waals surface area contributed by atoms with E-state index in [0.717, 1.165) is 29.6 Å². The van der Waals surface area contributed by atoms with Crippen LogP contribution in [0.1, 0.15) is 5.69 Å². The van der Waals surface area contributed by atoms with Crippen molar-refractivity contribution in [3.05, 3.63) is 103 Å². The summed E-state index contributed by atoms with van der Waals surface area (Å²) in [7, 11) is 0. The summed E-state index contributed by atoms with van der Waals surface area (Å²) in [5.74, 6) is -15.5. The summed E-state index contributed by atoms with van der Waals surface area (Å²) < 4.78 is 77.6. The summed E-state index contributed by atoms with van der Waals surface area (Å²) in [4.78, 5) is 7.79. The normalized spacial score (nSPS) is 17.2. The molecule has 0 amide bonds. The molecule has 0 saturated heterocycles. The fourth-order valence-electron chi connectivity index (χ4n) is 3.28. The van der Waals surface area contributed by atoms with E-state index in [2.05, 4.69) is 28.2 Å². The van der Waals surface area contributed by atoms with Crippen LogP contribution in [0.2, 0.25) is 0 Å². The van der Waals surface area contributed by atoms with Crippen LogP contribution in [0.15, 0.2) is 85.2 Å². The van der Waals surface area contributed by atoms with E-state index >= 15 is 0 Å². The number of allylic oxidation sites excluding steroid dienone is 2. The molecular weight excluding hydrogens is 634 g/mol. The Labute approximate surface area is 204 Å². The second-order valence-corrected chi connectivity index (χ2v) is 7.10. The second-order valence-electron chi connectivity index (χ2n) is 7.10. The molecule has 0 N–H and O–H groups in total. The van der Waals surface area contributed by atoms with Crippen LogP contribution in [-0.4, -0.2) is 27.7 Å². The SMILES string of the molecule is FC1(F)[C-]=C(c2ccccn2)C(F)(F)C1(F)F.[Ir].[c-]1ccccc1-c1nccc2ccccc12. The fraction of sp³-hybridized carbons (Fsp3) is 0.120. The first-order valence-electron chi connectivity index (χ1n) is 9.66. The number of hydrogen-bond acceptors (Lipinski definition) is 2. The molecule has 0 saturated carbocycles. The molecule has 0 atom stereocenters. The molecule has 1 radical (unpaired) electrons. The number of benzene rings is 2. The Kier molecular flexibility index (Phi) is 7.29. The van der Waals surface area contributed by atoms with Gasteiger partial charge < -0.3 is 9.97 Å². The van der Waals surface area contributed by atoms with Gasteiger partial charge in [0.2, 0.25) is 0 Å². The van der Waals surface area contributed by atoms with Crippen molar-refractivity contribution in [3.8, 4) is 11.3 Å². The predicted molar refractivity (Wildman–Crippen MR) is 112 cm³/mol. The monoisotopic (exact) mass is 649 g/mol. The molecule has 2 aromatic heterocycles. The van der Waals surface area contributed by atoms with Crippen molar-refractivity contribution in [2.45, 2.75) is 17.8 Å². The van der Waals surface area contributed by atoms with E-state index in [4.69, 9.17) is 0 Å². The van der Waals surface area contributed by atoms with E-state index in [1.807, 2.05) is 48.7 Å². The van der Waals surface area contributed by atoms with Gasteiger partial charge in [0.1, 0.15) is 0 Å². The molecule has 9 heteroatoms. The zero-order valence-electron chi connectivity index (χ0n) is 17.1. The molecule has 34 heavy (non-hydrogen) atoms. The Morgan fingerprint density at radius 1 is 0.706 bits per heavy atom. The quantitative estimate of drug-likeness (QED) is 0.175. The van der Waals surface area contributed by atoms with E-state index in [0.29, 0.717) is 0 Å². The number of alkyl halides is 6. The van der Waals surface area contributed by atoms with Crippen LogP contribution < -0.4 is 0 Å². The molecule has 0 fully saturated rings. The van der Waals surface area contributed by atoms with Gasteiger partial charge in [-0.05, 0) is 28.6 Å². The van der Waals surface area contributed by atoms with Crippen molar-refractivity contribution in [2.75, 3.05) is 0 Å². The molecule has 5 rings (SSSR count). The van der Waals surface area contributed by atoms with Gasteiger partial charge in [0.25, 0.3) is 5.92 Å². The van der Waals surface area contributed by atoms with Crippen LogP contribution in [0.5, 0.6) is 0 Å². The average Bonchev–Trinajstić information content (AvgIpc) is 2.96. The van der Waals surface area contributed by atoms with Crippen molar-refractivity contribution in [2.24, 2.45) is 0 Å². The molecule has 0 aliphatic heterocycles. The number of rotatable bonds is 2. The summed E-state index contributed by atoms with van der Waals surface area (Å²) in [5, 5.41) is 2.39. The van der Waals surface area contributed by atoms with Gasteiger partial charge in [0.05, 0.1) is 0 Å². The molecule has 0 spiro atoms. The minimum absolute atomic E-state index is 0. The minimum Gasteiger partial charge on any atom is -0.351 e. The van der Waals surface area contributed by atoms with E-state index in [1.54, 1.807) is 0 Å².